The molecule has 164 valence electrons. The molecule has 2 aromatic heterocycles. The van der Waals surface area contributed by atoms with E-state index >= 15 is 0 Å². The molecule has 0 aliphatic rings. The lowest BCUT2D eigenvalue weighted by atomic mass is 9.86. The largest absolute Gasteiger partial charge is 0.361 e. The highest BCUT2D eigenvalue weighted by Crippen LogP contribution is 2.27. The van der Waals surface area contributed by atoms with Crippen molar-refractivity contribution in [2.75, 3.05) is 5.32 Å². The lowest BCUT2D eigenvalue weighted by Gasteiger charge is -2.19. The molecule has 0 saturated carbocycles. The molecule has 2 N–H and O–H groups in total. The summed E-state index contributed by atoms with van der Waals surface area (Å²) in [5.41, 5.74) is 5.34. The van der Waals surface area contributed by atoms with Crippen molar-refractivity contribution in [1.29, 1.82) is 0 Å². The Labute approximate surface area is 189 Å². The average molecular weight is 427 g/mol. The van der Waals surface area contributed by atoms with Gasteiger partial charge in [0.1, 0.15) is 0 Å². The average Bonchev–Trinajstić information content (AvgIpc) is 3.44. The van der Waals surface area contributed by atoms with Gasteiger partial charge in [0.15, 0.2) is 0 Å². The van der Waals surface area contributed by atoms with E-state index in [1.165, 1.54) is 5.56 Å². The summed E-state index contributed by atoms with van der Waals surface area (Å²) in [4.78, 5) is 20.2. The van der Waals surface area contributed by atoms with E-state index in [2.05, 4.69) is 64.9 Å². The van der Waals surface area contributed by atoms with Crippen LogP contribution in [0.5, 0.6) is 0 Å². The fourth-order valence-electron chi connectivity index (χ4n) is 3.82. The first-order valence-electron chi connectivity index (χ1n) is 11.0. The Bertz CT molecular complexity index is 1210. The van der Waals surface area contributed by atoms with Gasteiger partial charge in [0, 0.05) is 47.8 Å². The van der Waals surface area contributed by atoms with Gasteiger partial charge < -0.3 is 14.9 Å². The zero-order valence-corrected chi connectivity index (χ0v) is 18.9. The molecule has 4 aromatic rings. The van der Waals surface area contributed by atoms with Crippen LogP contribution in [0.25, 0.3) is 16.5 Å². The van der Waals surface area contributed by atoms with E-state index in [1.807, 2.05) is 43.0 Å². The highest BCUT2D eigenvalue weighted by Gasteiger charge is 2.14. The van der Waals surface area contributed by atoms with Gasteiger partial charge in [0.25, 0.3) is 0 Å². The summed E-state index contributed by atoms with van der Waals surface area (Å²) in [5.74, 6) is -0.114. The molecule has 32 heavy (non-hydrogen) atoms. The Morgan fingerprint density at radius 2 is 1.94 bits per heavy atom. The minimum Gasteiger partial charge on any atom is -0.361 e. The van der Waals surface area contributed by atoms with Crippen LogP contribution in [0, 0.1) is 0 Å². The zero-order valence-electron chi connectivity index (χ0n) is 18.9. The monoisotopic (exact) mass is 426 g/mol. The van der Waals surface area contributed by atoms with Crippen LogP contribution in [0.15, 0.2) is 79.5 Å². The number of aryl methyl sites for hydroxylation is 1. The Balaban J connectivity index is 1.53. The Kier molecular flexibility index (Phi) is 6.26. The fourth-order valence-corrected chi connectivity index (χ4v) is 3.82. The van der Waals surface area contributed by atoms with Gasteiger partial charge in [-0.2, -0.15) is 0 Å². The van der Waals surface area contributed by atoms with Crippen LogP contribution in [-0.2, 0) is 16.8 Å². The number of carbonyl (C=O) groups excluding carboxylic acids is 1. The second kappa shape index (κ2) is 9.27. The number of fused-ring (bicyclic) bond motifs is 1. The maximum Gasteiger partial charge on any atom is 0.248 e. The molecule has 4 rings (SSSR count). The van der Waals surface area contributed by atoms with Gasteiger partial charge in [0.2, 0.25) is 5.91 Å². The van der Waals surface area contributed by atoms with Gasteiger partial charge in [0.05, 0.1) is 6.33 Å². The summed E-state index contributed by atoms with van der Waals surface area (Å²) >= 11 is 0. The molecule has 0 aliphatic heterocycles. The molecule has 1 amide bonds. The number of rotatable bonds is 7. The van der Waals surface area contributed by atoms with E-state index in [4.69, 9.17) is 0 Å². The summed E-state index contributed by atoms with van der Waals surface area (Å²) in [6.45, 7) is 7.49. The first-order chi connectivity index (χ1) is 15.4. The van der Waals surface area contributed by atoms with Gasteiger partial charge in [-0.15, -0.1) is 0 Å². The molecule has 0 saturated heterocycles. The predicted octanol–water partition coefficient (Wildman–Crippen LogP) is 6.16. The fraction of sp³-hybridized carbons (Fsp3) is 0.259. The number of benzene rings is 2. The van der Waals surface area contributed by atoms with Crippen molar-refractivity contribution in [2.45, 2.75) is 45.6 Å². The third kappa shape index (κ3) is 5.35. The van der Waals surface area contributed by atoms with Crippen molar-refractivity contribution in [3.8, 4) is 0 Å². The van der Waals surface area contributed by atoms with Crippen LogP contribution in [0.4, 0.5) is 5.69 Å². The van der Waals surface area contributed by atoms with Gasteiger partial charge in [-0.3, -0.25) is 4.79 Å². The van der Waals surface area contributed by atoms with Crippen molar-refractivity contribution in [2.24, 2.45) is 0 Å². The molecule has 0 radical (unpaired) electrons. The Hall–Kier alpha value is -3.60. The number of aromatic amines is 1. The smallest absolute Gasteiger partial charge is 0.248 e. The molecule has 0 unspecified atom stereocenters. The van der Waals surface area contributed by atoms with Crippen LogP contribution >= 0.6 is 0 Å². The van der Waals surface area contributed by atoms with Crippen LogP contribution < -0.4 is 5.32 Å². The molecule has 0 atom stereocenters. The van der Waals surface area contributed by atoms with E-state index < -0.39 is 0 Å². The molecule has 2 aromatic carbocycles. The van der Waals surface area contributed by atoms with Crippen molar-refractivity contribution in [3.63, 3.8) is 0 Å². The minimum atomic E-state index is -0.114. The number of nitrogens with zero attached hydrogens (tertiary/aromatic N) is 2. The molecular formula is C27H30N4O. The van der Waals surface area contributed by atoms with E-state index in [9.17, 15) is 4.79 Å². The van der Waals surface area contributed by atoms with Crippen LogP contribution in [-0.4, -0.2) is 20.4 Å². The number of imidazole rings is 1. The molecule has 5 heteroatoms. The topological polar surface area (TPSA) is 62.7 Å². The van der Waals surface area contributed by atoms with Crippen molar-refractivity contribution >= 4 is 28.1 Å². The number of carbonyl (C=O) groups is 1. The maximum absolute atomic E-state index is 12.9. The van der Waals surface area contributed by atoms with Crippen LogP contribution in [0.3, 0.4) is 0 Å². The molecule has 0 aliphatic carbocycles. The first-order valence-corrected chi connectivity index (χ1v) is 11.0. The van der Waals surface area contributed by atoms with Crippen molar-refractivity contribution in [3.05, 3.63) is 90.7 Å². The quantitative estimate of drug-likeness (QED) is 0.347. The van der Waals surface area contributed by atoms with Crippen LogP contribution in [0.2, 0.25) is 0 Å². The number of H-pyrrole nitrogens is 1. The molecule has 2 heterocycles. The third-order valence-electron chi connectivity index (χ3n) is 5.67. The first kappa shape index (κ1) is 21.6. The minimum absolute atomic E-state index is 0.0953. The van der Waals surface area contributed by atoms with Gasteiger partial charge in [-0.1, -0.05) is 45.0 Å². The van der Waals surface area contributed by atoms with E-state index in [1.54, 1.807) is 12.3 Å². The summed E-state index contributed by atoms with van der Waals surface area (Å²) in [5, 5.41) is 4.09. The lowest BCUT2D eigenvalue weighted by molar-refractivity contribution is -0.111. The summed E-state index contributed by atoms with van der Waals surface area (Å²) in [6.07, 6.45) is 10.9. The number of hydrogen-bond donors (Lipinski definition) is 2. The van der Waals surface area contributed by atoms with Crippen LogP contribution in [0.1, 0.15) is 44.7 Å². The molecule has 0 spiro atoms. The Morgan fingerprint density at radius 1 is 1.12 bits per heavy atom. The van der Waals surface area contributed by atoms with Gasteiger partial charge >= 0.3 is 0 Å². The second-order valence-corrected chi connectivity index (χ2v) is 9.17. The number of aromatic nitrogens is 3. The third-order valence-corrected chi connectivity index (χ3v) is 5.67. The number of hydrogen-bond acceptors (Lipinski definition) is 2. The number of nitrogens with one attached hydrogen (secondary N) is 2. The highest BCUT2D eigenvalue weighted by atomic mass is 16.1. The number of anilines is 1. The van der Waals surface area contributed by atoms with Crippen molar-refractivity contribution in [1.82, 2.24) is 14.5 Å². The zero-order chi connectivity index (χ0) is 22.6. The number of amides is 1. The second-order valence-electron chi connectivity index (χ2n) is 9.17. The number of allylic oxidation sites excluding steroid dienone is 1. The molecule has 0 bridgehead atoms. The SMILES string of the molecule is CC(C)(C)c1ccc(C(=CC(=O)Nc2ccc3[nH]ccc3c2)CCCn2ccnc2)cc1. The predicted molar refractivity (Wildman–Crippen MR) is 132 cm³/mol. The van der Waals surface area contributed by atoms with Crippen molar-refractivity contribution < 1.29 is 4.79 Å². The maximum atomic E-state index is 12.9. The normalized spacial score (nSPS) is 12.3. The highest BCUT2D eigenvalue weighted by molar-refractivity contribution is 6.04. The van der Waals surface area contributed by atoms with Gasteiger partial charge in [-0.25, -0.2) is 4.98 Å². The standard InChI is InChI=1S/C27H30N4O/c1-27(2,3)23-8-6-20(7-9-23)21(5-4-15-31-16-14-28-19-31)18-26(32)30-24-10-11-25-22(17-24)12-13-29-25/h6-14,16-19,29H,4-5,15H2,1-3H3,(H,30,32). The van der Waals surface area contributed by atoms with E-state index in [0.717, 1.165) is 47.1 Å². The summed E-state index contributed by atoms with van der Waals surface area (Å²) in [7, 11) is 0. The summed E-state index contributed by atoms with van der Waals surface area (Å²) < 4.78 is 2.06. The Morgan fingerprint density at radius 3 is 2.66 bits per heavy atom. The van der Waals surface area contributed by atoms with Gasteiger partial charge in [-0.05, 0) is 59.2 Å². The lowest BCUT2D eigenvalue weighted by Crippen LogP contribution is -2.11. The summed E-state index contributed by atoms with van der Waals surface area (Å²) in [6, 6.07) is 16.5. The molecule has 5 nitrogen and oxygen atoms in total. The van der Waals surface area contributed by atoms with E-state index in [-0.39, 0.29) is 11.3 Å². The molecular weight excluding hydrogens is 396 g/mol. The molecule has 0 fully saturated rings. The van der Waals surface area contributed by atoms with E-state index in [0.29, 0.717) is 0 Å².